The molecule has 7 nitrogen and oxygen atoms in total. The second-order valence-corrected chi connectivity index (χ2v) is 10.0. The minimum absolute atomic E-state index is 0.0124. The highest BCUT2D eigenvalue weighted by Crippen LogP contribution is 2.58. The van der Waals surface area contributed by atoms with Crippen LogP contribution in [0.25, 0.3) is 11.0 Å². The van der Waals surface area contributed by atoms with Crippen LogP contribution in [-0.4, -0.2) is 24.4 Å². The summed E-state index contributed by atoms with van der Waals surface area (Å²) in [5, 5.41) is 21.1. The van der Waals surface area contributed by atoms with Gasteiger partial charge in [0.15, 0.2) is 0 Å². The van der Waals surface area contributed by atoms with E-state index >= 15 is 0 Å². The van der Waals surface area contributed by atoms with Gasteiger partial charge >= 0.3 is 5.63 Å². The van der Waals surface area contributed by atoms with E-state index in [0.29, 0.717) is 22.8 Å². The molecule has 7 heteroatoms. The number of fused-ring (bicyclic) bond motifs is 4. The van der Waals surface area contributed by atoms with Gasteiger partial charge in [-0.2, -0.15) is 0 Å². The van der Waals surface area contributed by atoms with Gasteiger partial charge < -0.3 is 28.8 Å². The fourth-order valence-electron chi connectivity index (χ4n) is 6.14. The highest BCUT2D eigenvalue weighted by atomic mass is 16.5. The molecule has 38 heavy (non-hydrogen) atoms. The van der Waals surface area contributed by atoms with E-state index in [1.54, 1.807) is 50.6 Å². The van der Waals surface area contributed by atoms with Crippen molar-refractivity contribution >= 4 is 11.0 Å². The summed E-state index contributed by atoms with van der Waals surface area (Å²) in [6.07, 6.45) is 2.62. The number of rotatable bonds is 4. The zero-order valence-electron chi connectivity index (χ0n) is 21.3. The van der Waals surface area contributed by atoms with Crippen LogP contribution in [0.5, 0.6) is 28.7 Å². The molecule has 1 aromatic heterocycles. The Hall–Kier alpha value is -4.39. The van der Waals surface area contributed by atoms with Gasteiger partial charge in [0, 0.05) is 52.6 Å². The molecule has 0 spiro atoms. The van der Waals surface area contributed by atoms with Crippen LogP contribution in [0.3, 0.4) is 0 Å². The number of allylic oxidation sites excluding steroid dienone is 2. The number of ether oxygens (including phenoxy) is 3. The molecule has 0 unspecified atom stereocenters. The summed E-state index contributed by atoms with van der Waals surface area (Å²) in [4.78, 5) is 11.9. The summed E-state index contributed by atoms with van der Waals surface area (Å²) < 4.78 is 23.6. The van der Waals surface area contributed by atoms with E-state index in [-0.39, 0.29) is 29.3 Å². The van der Waals surface area contributed by atoms with Crippen molar-refractivity contribution in [2.24, 2.45) is 5.92 Å². The monoisotopic (exact) mass is 512 g/mol. The maximum Gasteiger partial charge on any atom is 0.336 e. The third-order valence-electron chi connectivity index (χ3n) is 7.74. The van der Waals surface area contributed by atoms with Crippen molar-refractivity contribution in [3.05, 3.63) is 99.4 Å². The van der Waals surface area contributed by atoms with Gasteiger partial charge in [-0.1, -0.05) is 17.7 Å². The summed E-state index contributed by atoms with van der Waals surface area (Å²) in [5.74, 6) is 1.89. The Labute approximate surface area is 219 Å². The first-order valence-electron chi connectivity index (χ1n) is 12.5. The lowest BCUT2D eigenvalue weighted by molar-refractivity contribution is 0.0770. The number of methoxy groups -OCH3 is 2. The number of phenolic OH excluding ortho intramolecular Hbond substituents is 2. The molecule has 4 atom stereocenters. The number of hydrogen-bond donors (Lipinski definition) is 2. The molecule has 6 rings (SSSR count). The Bertz CT molecular complexity index is 1630. The maximum absolute atomic E-state index is 11.9. The van der Waals surface area contributed by atoms with Crippen LogP contribution in [0, 0.1) is 5.92 Å². The second-order valence-electron chi connectivity index (χ2n) is 10.0. The van der Waals surface area contributed by atoms with Crippen LogP contribution in [0.1, 0.15) is 48.0 Å². The molecule has 0 bridgehead atoms. The van der Waals surface area contributed by atoms with Crippen molar-refractivity contribution in [1.29, 1.82) is 0 Å². The molecular formula is C31H28O7. The molecule has 0 fully saturated rings. The van der Waals surface area contributed by atoms with Crippen LogP contribution in [0.2, 0.25) is 0 Å². The molecule has 0 amide bonds. The third kappa shape index (κ3) is 3.95. The number of hydrogen-bond acceptors (Lipinski definition) is 7. The smallest absolute Gasteiger partial charge is 0.336 e. The zero-order chi connectivity index (χ0) is 26.6. The Balaban J connectivity index is 1.60. The summed E-state index contributed by atoms with van der Waals surface area (Å²) in [6.45, 7) is 2.13. The van der Waals surface area contributed by atoms with E-state index < -0.39 is 11.7 Å². The Morgan fingerprint density at radius 2 is 1.53 bits per heavy atom. The molecule has 2 heterocycles. The SMILES string of the molecule is COc1cc(O)ccc1[C@H]1Oc2cc3oc(=O)ccc3cc2[C@H]2C=C(C)C[C@@H](c3ccc(O)cc3OC)[C@@H]21. The molecule has 194 valence electrons. The van der Waals surface area contributed by atoms with Crippen molar-refractivity contribution in [1.82, 2.24) is 0 Å². The first-order chi connectivity index (χ1) is 18.4. The van der Waals surface area contributed by atoms with Gasteiger partial charge in [-0.25, -0.2) is 4.79 Å². The van der Waals surface area contributed by atoms with Gasteiger partial charge in [0.1, 0.15) is 40.4 Å². The molecule has 0 saturated heterocycles. The average Bonchev–Trinajstić information content (AvgIpc) is 2.91. The normalized spacial score (nSPS) is 22.1. The first-order valence-corrected chi connectivity index (χ1v) is 12.5. The minimum atomic E-state index is -0.455. The quantitative estimate of drug-likeness (QED) is 0.249. The minimum Gasteiger partial charge on any atom is -0.508 e. The predicted octanol–water partition coefficient (Wildman–Crippen LogP) is 6.19. The number of phenols is 2. The lowest BCUT2D eigenvalue weighted by atomic mass is 9.63. The molecule has 2 aliphatic rings. The van der Waals surface area contributed by atoms with Gasteiger partial charge in [0.05, 0.1) is 14.2 Å². The van der Waals surface area contributed by atoms with E-state index in [4.69, 9.17) is 18.6 Å². The highest BCUT2D eigenvalue weighted by molar-refractivity contribution is 5.80. The maximum atomic E-state index is 11.9. The third-order valence-corrected chi connectivity index (χ3v) is 7.74. The molecule has 2 N–H and O–H groups in total. The van der Waals surface area contributed by atoms with Gasteiger partial charge in [-0.15, -0.1) is 0 Å². The second kappa shape index (κ2) is 9.17. The zero-order valence-corrected chi connectivity index (χ0v) is 21.3. The first kappa shape index (κ1) is 24.0. The molecule has 4 aromatic rings. The fourth-order valence-corrected chi connectivity index (χ4v) is 6.14. The van der Waals surface area contributed by atoms with Crippen LogP contribution in [-0.2, 0) is 0 Å². The van der Waals surface area contributed by atoms with E-state index in [1.165, 1.54) is 11.6 Å². The van der Waals surface area contributed by atoms with E-state index in [1.807, 2.05) is 18.2 Å². The molecule has 3 aromatic carbocycles. The highest BCUT2D eigenvalue weighted by Gasteiger charge is 2.47. The van der Waals surface area contributed by atoms with Crippen molar-refractivity contribution in [2.75, 3.05) is 14.2 Å². The van der Waals surface area contributed by atoms with Crippen LogP contribution in [0.4, 0.5) is 0 Å². The Morgan fingerprint density at radius 1 is 0.842 bits per heavy atom. The van der Waals surface area contributed by atoms with Crippen LogP contribution >= 0.6 is 0 Å². The van der Waals surface area contributed by atoms with Gasteiger partial charge in [0.25, 0.3) is 0 Å². The van der Waals surface area contributed by atoms with Crippen molar-refractivity contribution in [3.63, 3.8) is 0 Å². The topological polar surface area (TPSA) is 98.4 Å². The summed E-state index contributed by atoms with van der Waals surface area (Å²) in [5.41, 5.74) is 4.06. The molecular weight excluding hydrogens is 484 g/mol. The van der Waals surface area contributed by atoms with E-state index in [0.717, 1.165) is 28.5 Å². The van der Waals surface area contributed by atoms with E-state index in [2.05, 4.69) is 13.0 Å². The van der Waals surface area contributed by atoms with Crippen molar-refractivity contribution in [3.8, 4) is 28.7 Å². The van der Waals surface area contributed by atoms with Crippen molar-refractivity contribution in [2.45, 2.75) is 31.3 Å². The summed E-state index contributed by atoms with van der Waals surface area (Å²) in [6, 6.07) is 17.3. The summed E-state index contributed by atoms with van der Waals surface area (Å²) >= 11 is 0. The number of aromatic hydroxyl groups is 2. The largest absolute Gasteiger partial charge is 0.508 e. The standard InChI is InChI=1S/C31H28O7/c1-16-10-23(20-7-5-18(32)13-26(20)35-2)30-24(11-16)22-12-17-4-9-29(34)37-25(17)15-28(22)38-31(30)21-8-6-19(33)14-27(21)36-3/h4-9,11-15,23-24,30-33H,10H2,1-3H3/t23-,24+,30-,31+/m0/s1. The summed E-state index contributed by atoms with van der Waals surface area (Å²) in [7, 11) is 3.18. The van der Waals surface area contributed by atoms with E-state index in [9.17, 15) is 15.0 Å². The number of benzene rings is 3. The molecule has 0 saturated carbocycles. The van der Waals surface area contributed by atoms with Crippen LogP contribution < -0.4 is 19.8 Å². The van der Waals surface area contributed by atoms with Gasteiger partial charge in [-0.05, 0) is 55.2 Å². The van der Waals surface area contributed by atoms with Crippen LogP contribution in [0.15, 0.2) is 81.5 Å². The lowest BCUT2D eigenvalue weighted by Gasteiger charge is -2.46. The average molecular weight is 513 g/mol. The lowest BCUT2D eigenvalue weighted by Crippen LogP contribution is -2.36. The molecule has 1 aliphatic carbocycles. The van der Waals surface area contributed by atoms with Gasteiger partial charge in [0.2, 0.25) is 0 Å². The predicted molar refractivity (Wildman–Crippen MR) is 143 cm³/mol. The molecule has 1 aliphatic heterocycles. The Kier molecular flexibility index (Phi) is 5.79. The van der Waals surface area contributed by atoms with Crippen molar-refractivity contribution < 1.29 is 28.8 Å². The fraction of sp³-hybridized carbons (Fsp3) is 0.258. The Morgan fingerprint density at radius 3 is 2.24 bits per heavy atom. The van der Waals surface area contributed by atoms with Gasteiger partial charge in [-0.3, -0.25) is 0 Å². The molecule has 0 radical (unpaired) electrons.